The second-order valence-electron chi connectivity index (χ2n) is 4.98. The number of nitrogens with zero attached hydrogens (tertiary/aromatic N) is 1. The van der Waals surface area contributed by atoms with Gasteiger partial charge >= 0.3 is 5.97 Å². The molecule has 2 rings (SSSR count). The third kappa shape index (κ3) is 6.40. The Kier molecular flexibility index (Phi) is 8.42. The lowest BCUT2D eigenvalue weighted by molar-refractivity contribution is 0.0471. The molecule has 0 atom stereocenters. The quantitative estimate of drug-likeness (QED) is 0.686. The van der Waals surface area contributed by atoms with Gasteiger partial charge in [0.05, 0.1) is 10.6 Å². The fourth-order valence-corrected chi connectivity index (χ4v) is 2.37. The van der Waals surface area contributed by atoms with Crippen molar-refractivity contribution in [2.24, 2.45) is 0 Å². The van der Waals surface area contributed by atoms with Crippen molar-refractivity contribution in [1.82, 2.24) is 4.90 Å². The van der Waals surface area contributed by atoms with Crippen LogP contribution in [0, 0.1) is 0 Å². The SMILES string of the molecule is CN(CCOC(=O)c1cc(Cl)ccc1Cl)Cc1ccccc1.Cl. The van der Waals surface area contributed by atoms with Crippen molar-refractivity contribution in [3.05, 3.63) is 69.7 Å². The van der Waals surface area contributed by atoms with Gasteiger partial charge in [0, 0.05) is 18.1 Å². The Morgan fingerprint density at radius 3 is 2.52 bits per heavy atom. The van der Waals surface area contributed by atoms with E-state index in [1.165, 1.54) is 11.6 Å². The van der Waals surface area contributed by atoms with E-state index in [1.54, 1.807) is 12.1 Å². The Hall–Kier alpha value is -1.26. The molecule has 6 heteroatoms. The first kappa shape index (κ1) is 19.8. The van der Waals surface area contributed by atoms with Crippen molar-refractivity contribution in [2.45, 2.75) is 6.54 Å². The molecule has 0 unspecified atom stereocenters. The van der Waals surface area contributed by atoms with E-state index in [0.29, 0.717) is 28.8 Å². The molecular weight excluding hydrogens is 357 g/mol. The number of ether oxygens (including phenoxy) is 1. The van der Waals surface area contributed by atoms with Crippen LogP contribution in [-0.2, 0) is 11.3 Å². The van der Waals surface area contributed by atoms with Gasteiger partial charge in [-0.25, -0.2) is 4.79 Å². The zero-order valence-corrected chi connectivity index (χ0v) is 15.0. The summed E-state index contributed by atoms with van der Waals surface area (Å²) in [4.78, 5) is 14.1. The van der Waals surface area contributed by atoms with Gasteiger partial charge < -0.3 is 4.74 Å². The highest BCUT2D eigenvalue weighted by Crippen LogP contribution is 2.21. The number of hydrogen-bond acceptors (Lipinski definition) is 3. The van der Waals surface area contributed by atoms with E-state index in [9.17, 15) is 4.79 Å². The van der Waals surface area contributed by atoms with Gasteiger partial charge in [0.2, 0.25) is 0 Å². The summed E-state index contributed by atoms with van der Waals surface area (Å²) in [6.07, 6.45) is 0. The second-order valence-corrected chi connectivity index (χ2v) is 5.83. The number of carbonyl (C=O) groups is 1. The molecule has 0 bridgehead atoms. The molecule has 3 nitrogen and oxygen atoms in total. The van der Waals surface area contributed by atoms with E-state index in [2.05, 4.69) is 17.0 Å². The first-order valence-electron chi connectivity index (χ1n) is 6.91. The summed E-state index contributed by atoms with van der Waals surface area (Å²) >= 11 is 11.8. The average Bonchev–Trinajstić information content (AvgIpc) is 2.50. The summed E-state index contributed by atoms with van der Waals surface area (Å²) in [5, 5.41) is 0.796. The van der Waals surface area contributed by atoms with Gasteiger partial charge in [-0.2, -0.15) is 0 Å². The Bertz CT molecular complexity index is 635. The van der Waals surface area contributed by atoms with E-state index in [-0.39, 0.29) is 12.4 Å². The minimum atomic E-state index is -0.458. The molecule has 0 fully saturated rings. The lowest BCUT2D eigenvalue weighted by atomic mass is 10.2. The molecule has 2 aromatic rings. The van der Waals surface area contributed by atoms with Crippen LogP contribution in [0.1, 0.15) is 15.9 Å². The van der Waals surface area contributed by atoms with Crippen LogP contribution in [0.3, 0.4) is 0 Å². The van der Waals surface area contributed by atoms with Crippen molar-refractivity contribution < 1.29 is 9.53 Å². The molecule has 23 heavy (non-hydrogen) atoms. The summed E-state index contributed by atoms with van der Waals surface area (Å²) in [7, 11) is 1.98. The normalized spacial score (nSPS) is 10.3. The predicted octanol–water partition coefficient (Wildman–Crippen LogP) is 4.70. The molecule has 0 aliphatic carbocycles. The van der Waals surface area contributed by atoms with E-state index in [1.807, 2.05) is 25.2 Å². The number of likely N-dealkylation sites (N-methyl/N-ethyl adjacent to an activating group) is 1. The van der Waals surface area contributed by atoms with E-state index >= 15 is 0 Å². The fraction of sp³-hybridized carbons (Fsp3) is 0.235. The highest BCUT2D eigenvalue weighted by Gasteiger charge is 2.12. The minimum absolute atomic E-state index is 0. The molecule has 0 amide bonds. The van der Waals surface area contributed by atoms with Crippen LogP contribution < -0.4 is 0 Å². The Labute approximate surface area is 152 Å². The highest BCUT2D eigenvalue weighted by molar-refractivity contribution is 6.35. The van der Waals surface area contributed by atoms with E-state index < -0.39 is 5.97 Å². The second kappa shape index (κ2) is 9.78. The monoisotopic (exact) mass is 373 g/mol. The summed E-state index contributed by atoms with van der Waals surface area (Å²) in [6.45, 7) is 1.74. The maximum atomic E-state index is 12.0. The summed E-state index contributed by atoms with van der Waals surface area (Å²) in [5.74, 6) is -0.458. The van der Waals surface area contributed by atoms with Gasteiger partial charge in [0.25, 0.3) is 0 Å². The Balaban J connectivity index is 0.00000264. The van der Waals surface area contributed by atoms with Gasteiger partial charge in [0.15, 0.2) is 0 Å². The molecule has 0 saturated carbocycles. The standard InChI is InChI=1S/C17H17Cl2NO2.ClH/c1-20(12-13-5-3-2-4-6-13)9-10-22-17(21)15-11-14(18)7-8-16(15)19;/h2-8,11H,9-10,12H2,1H3;1H. The zero-order valence-electron chi connectivity index (χ0n) is 12.7. The third-order valence-corrected chi connectivity index (χ3v) is 3.71. The number of benzene rings is 2. The molecule has 0 N–H and O–H groups in total. The van der Waals surface area contributed by atoms with Gasteiger partial charge in [-0.15, -0.1) is 12.4 Å². The minimum Gasteiger partial charge on any atom is -0.461 e. The lowest BCUT2D eigenvalue weighted by Gasteiger charge is -2.16. The number of carbonyl (C=O) groups excluding carboxylic acids is 1. The molecule has 0 aromatic heterocycles. The summed E-state index contributed by atoms with van der Waals surface area (Å²) < 4.78 is 5.25. The average molecular weight is 375 g/mol. The first-order valence-corrected chi connectivity index (χ1v) is 7.66. The summed E-state index contributed by atoms with van der Waals surface area (Å²) in [5.41, 5.74) is 1.51. The molecule has 0 aliphatic heterocycles. The van der Waals surface area contributed by atoms with Crippen LogP contribution in [0.4, 0.5) is 0 Å². The molecule has 124 valence electrons. The van der Waals surface area contributed by atoms with Crippen LogP contribution in [0.15, 0.2) is 48.5 Å². The molecule has 0 spiro atoms. The van der Waals surface area contributed by atoms with Gasteiger partial charge in [0.1, 0.15) is 6.61 Å². The predicted molar refractivity (Wildman–Crippen MR) is 96.8 cm³/mol. The molecule has 2 aromatic carbocycles. The number of hydrogen-bond donors (Lipinski definition) is 0. The summed E-state index contributed by atoms with van der Waals surface area (Å²) in [6, 6.07) is 14.9. The van der Waals surface area contributed by atoms with E-state index in [0.717, 1.165) is 6.54 Å². The number of rotatable bonds is 6. The van der Waals surface area contributed by atoms with Gasteiger partial charge in [-0.1, -0.05) is 53.5 Å². The fourth-order valence-electron chi connectivity index (χ4n) is 2.00. The highest BCUT2D eigenvalue weighted by atomic mass is 35.5. The van der Waals surface area contributed by atoms with Crippen LogP contribution in [0.2, 0.25) is 10.0 Å². The lowest BCUT2D eigenvalue weighted by Crippen LogP contribution is -2.24. The van der Waals surface area contributed by atoms with Crippen molar-refractivity contribution in [2.75, 3.05) is 20.2 Å². The molecule has 0 radical (unpaired) electrons. The number of halogens is 3. The van der Waals surface area contributed by atoms with Crippen LogP contribution in [-0.4, -0.2) is 31.1 Å². The smallest absolute Gasteiger partial charge is 0.339 e. The van der Waals surface area contributed by atoms with Crippen molar-refractivity contribution in [1.29, 1.82) is 0 Å². The van der Waals surface area contributed by atoms with Crippen molar-refractivity contribution in [3.63, 3.8) is 0 Å². The van der Waals surface area contributed by atoms with E-state index in [4.69, 9.17) is 27.9 Å². The van der Waals surface area contributed by atoms with Gasteiger partial charge in [-0.3, -0.25) is 4.90 Å². The Morgan fingerprint density at radius 1 is 1.13 bits per heavy atom. The largest absolute Gasteiger partial charge is 0.461 e. The third-order valence-electron chi connectivity index (χ3n) is 3.15. The molecule has 0 aliphatic rings. The van der Waals surface area contributed by atoms with Crippen LogP contribution in [0.25, 0.3) is 0 Å². The number of esters is 1. The topological polar surface area (TPSA) is 29.5 Å². The molecule has 0 saturated heterocycles. The molecular formula is C17H18Cl3NO2. The first-order chi connectivity index (χ1) is 10.6. The van der Waals surface area contributed by atoms with Crippen LogP contribution in [0.5, 0.6) is 0 Å². The maximum absolute atomic E-state index is 12.0. The Morgan fingerprint density at radius 2 is 1.83 bits per heavy atom. The zero-order chi connectivity index (χ0) is 15.9. The molecule has 0 heterocycles. The van der Waals surface area contributed by atoms with Crippen molar-refractivity contribution >= 4 is 41.6 Å². The van der Waals surface area contributed by atoms with Crippen LogP contribution >= 0.6 is 35.6 Å². The van der Waals surface area contributed by atoms with Crippen molar-refractivity contribution in [3.8, 4) is 0 Å². The van der Waals surface area contributed by atoms with Gasteiger partial charge in [-0.05, 0) is 30.8 Å². The maximum Gasteiger partial charge on any atom is 0.339 e.